The number of hydrogen-bond donors (Lipinski definition) is 2. The number of anilines is 1. The monoisotopic (exact) mass is 355 g/mol. The number of pyridine rings is 1. The molecule has 3 amide bonds. The summed E-state index contributed by atoms with van der Waals surface area (Å²) in [5, 5.41) is 4.53. The molecule has 8 heteroatoms. The van der Waals surface area contributed by atoms with Gasteiger partial charge < -0.3 is 10.1 Å². The molecule has 1 aromatic carbocycles. The van der Waals surface area contributed by atoms with Gasteiger partial charge in [-0.05, 0) is 41.6 Å². The van der Waals surface area contributed by atoms with E-state index in [1.54, 1.807) is 42.5 Å². The number of benzene rings is 1. The maximum atomic E-state index is 12.2. The van der Waals surface area contributed by atoms with E-state index in [9.17, 15) is 14.4 Å². The van der Waals surface area contributed by atoms with Crippen LogP contribution in [0.1, 0.15) is 15.9 Å². The Morgan fingerprint density at radius 2 is 1.96 bits per heavy atom. The minimum atomic E-state index is -0.413. The fourth-order valence-electron chi connectivity index (χ4n) is 2.08. The second-order valence-electron chi connectivity index (χ2n) is 5.02. The van der Waals surface area contributed by atoms with Gasteiger partial charge in [-0.15, -0.1) is 0 Å². The number of hydrogen-bond acceptors (Lipinski definition) is 6. The number of amides is 3. The average molecular weight is 355 g/mol. The van der Waals surface area contributed by atoms with Crippen LogP contribution in [0, 0.1) is 0 Å². The smallest absolute Gasteiger partial charge is 0.290 e. The molecule has 2 aromatic rings. The highest BCUT2D eigenvalue weighted by Gasteiger charge is 2.24. The molecule has 7 nitrogen and oxygen atoms in total. The van der Waals surface area contributed by atoms with Crippen molar-refractivity contribution in [1.82, 2.24) is 10.3 Å². The quantitative estimate of drug-likeness (QED) is 0.819. The summed E-state index contributed by atoms with van der Waals surface area (Å²) in [6.07, 6.45) is 3.10. The highest BCUT2D eigenvalue weighted by atomic mass is 32.2. The molecular formula is C17H13N3O4S. The first-order valence-electron chi connectivity index (χ1n) is 7.21. The number of thioether (sulfide) groups is 1. The van der Waals surface area contributed by atoms with E-state index >= 15 is 0 Å². The SMILES string of the molecule is COc1ccc(NC(=O)c2ccc(/C=C3\SC(=O)NC3=O)cc2)cn1. The number of aromatic nitrogens is 1. The van der Waals surface area contributed by atoms with E-state index in [2.05, 4.69) is 15.6 Å². The number of carbonyl (C=O) groups is 3. The Hall–Kier alpha value is -3.13. The summed E-state index contributed by atoms with van der Waals surface area (Å²) >= 11 is 0.849. The minimum absolute atomic E-state index is 0.283. The van der Waals surface area contributed by atoms with Crippen molar-refractivity contribution in [3.05, 3.63) is 58.6 Å². The number of carbonyl (C=O) groups excluding carboxylic acids is 3. The van der Waals surface area contributed by atoms with Gasteiger partial charge in [-0.2, -0.15) is 0 Å². The number of methoxy groups -OCH3 is 1. The summed E-state index contributed by atoms with van der Waals surface area (Å²) in [6, 6.07) is 10.0. The van der Waals surface area contributed by atoms with Crippen LogP contribution in [0.2, 0.25) is 0 Å². The van der Waals surface area contributed by atoms with E-state index in [0.717, 1.165) is 17.3 Å². The Balaban J connectivity index is 1.69. The van der Waals surface area contributed by atoms with Crippen molar-refractivity contribution in [3.8, 4) is 5.88 Å². The lowest BCUT2D eigenvalue weighted by Crippen LogP contribution is -2.17. The molecule has 0 spiro atoms. The highest BCUT2D eigenvalue weighted by molar-refractivity contribution is 8.18. The molecule has 0 unspecified atom stereocenters. The van der Waals surface area contributed by atoms with Gasteiger partial charge in [0.25, 0.3) is 17.1 Å². The number of imide groups is 1. The lowest BCUT2D eigenvalue weighted by molar-refractivity contribution is -0.115. The Bertz CT molecular complexity index is 860. The molecule has 0 aliphatic carbocycles. The molecule has 1 aliphatic heterocycles. The molecule has 0 bridgehead atoms. The van der Waals surface area contributed by atoms with Crippen molar-refractivity contribution < 1.29 is 19.1 Å². The summed E-state index contributed by atoms with van der Waals surface area (Å²) < 4.78 is 4.96. The van der Waals surface area contributed by atoms with Crippen LogP contribution in [-0.4, -0.2) is 29.1 Å². The highest BCUT2D eigenvalue weighted by Crippen LogP contribution is 2.25. The zero-order valence-electron chi connectivity index (χ0n) is 13.1. The first-order valence-corrected chi connectivity index (χ1v) is 8.03. The molecular weight excluding hydrogens is 342 g/mol. The van der Waals surface area contributed by atoms with E-state index in [1.807, 2.05) is 0 Å². The Morgan fingerprint density at radius 1 is 1.20 bits per heavy atom. The topological polar surface area (TPSA) is 97.4 Å². The van der Waals surface area contributed by atoms with Gasteiger partial charge in [-0.25, -0.2) is 4.98 Å². The molecule has 0 radical (unpaired) electrons. The zero-order chi connectivity index (χ0) is 17.8. The van der Waals surface area contributed by atoms with Gasteiger partial charge in [0.1, 0.15) is 0 Å². The zero-order valence-corrected chi connectivity index (χ0v) is 13.9. The second kappa shape index (κ2) is 7.18. The van der Waals surface area contributed by atoms with Gasteiger partial charge in [0.15, 0.2) is 0 Å². The van der Waals surface area contributed by atoms with E-state index in [0.29, 0.717) is 22.0 Å². The van der Waals surface area contributed by atoms with Crippen LogP contribution in [0.4, 0.5) is 10.5 Å². The van der Waals surface area contributed by atoms with Gasteiger partial charge in [0, 0.05) is 11.6 Å². The van der Waals surface area contributed by atoms with Crippen molar-refractivity contribution >= 4 is 40.6 Å². The third-order valence-corrected chi connectivity index (χ3v) is 4.13. The van der Waals surface area contributed by atoms with E-state index < -0.39 is 5.91 Å². The number of rotatable bonds is 4. The summed E-state index contributed by atoms with van der Waals surface area (Å²) in [5.41, 5.74) is 1.72. The first-order chi connectivity index (χ1) is 12.0. The van der Waals surface area contributed by atoms with Crippen molar-refractivity contribution in [1.29, 1.82) is 0 Å². The third-order valence-electron chi connectivity index (χ3n) is 3.32. The molecule has 2 N–H and O–H groups in total. The maximum Gasteiger partial charge on any atom is 0.290 e. The van der Waals surface area contributed by atoms with Gasteiger partial charge in [-0.1, -0.05) is 12.1 Å². The van der Waals surface area contributed by atoms with Crippen LogP contribution < -0.4 is 15.4 Å². The Kier molecular flexibility index (Phi) is 4.80. The van der Waals surface area contributed by atoms with Crippen molar-refractivity contribution in [2.75, 3.05) is 12.4 Å². The molecule has 1 fully saturated rings. The fourth-order valence-corrected chi connectivity index (χ4v) is 2.76. The Morgan fingerprint density at radius 3 is 2.52 bits per heavy atom. The fraction of sp³-hybridized carbons (Fsp3) is 0.0588. The van der Waals surface area contributed by atoms with E-state index in [1.165, 1.54) is 13.3 Å². The van der Waals surface area contributed by atoms with Gasteiger partial charge in [0.2, 0.25) is 5.88 Å². The maximum absolute atomic E-state index is 12.2. The summed E-state index contributed by atoms with van der Waals surface area (Å²) in [6.45, 7) is 0. The summed E-state index contributed by atoms with van der Waals surface area (Å²) in [7, 11) is 1.51. The lowest BCUT2D eigenvalue weighted by atomic mass is 10.1. The first kappa shape index (κ1) is 16.7. The molecule has 126 valence electrons. The summed E-state index contributed by atoms with van der Waals surface area (Å²) in [5.74, 6) is -0.235. The van der Waals surface area contributed by atoms with Crippen LogP contribution in [0.3, 0.4) is 0 Å². The molecule has 25 heavy (non-hydrogen) atoms. The van der Waals surface area contributed by atoms with Crippen LogP contribution in [0.15, 0.2) is 47.5 Å². The van der Waals surface area contributed by atoms with E-state index in [4.69, 9.17) is 4.74 Å². The molecule has 0 atom stereocenters. The third kappa shape index (κ3) is 4.04. The second-order valence-corrected chi connectivity index (χ2v) is 6.03. The molecule has 0 saturated carbocycles. The number of nitrogens with zero attached hydrogens (tertiary/aromatic N) is 1. The predicted octanol–water partition coefficient (Wildman–Crippen LogP) is 2.67. The van der Waals surface area contributed by atoms with Crippen LogP contribution in [0.25, 0.3) is 6.08 Å². The van der Waals surface area contributed by atoms with Crippen molar-refractivity contribution in [2.45, 2.75) is 0 Å². The Labute approximate surface area is 147 Å². The molecule has 1 aromatic heterocycles. The normalized spacial score (nSPS) is 15.2. The number of ether oxygens (including phenoxy) is 1. The van der Waals surface area contributed by atoms with Crippen LogP contribution in [-0.2, 0) is 4.79 Å². The van der Waals surface area contributed by atoms with Gasteiger partial charge >= 0.3 is 0 Å². The van der Waals surface area contributed by atoms with Crippen LogP contribution in [0.5, 0.6) is 5.88 Å². The van der Waals surface area contributed by atoms with Gasteiger partial charge in [0.05, 0.1) is 23.9 Å². The summed E-state index contributed by atoms with van der Waals surface area (Å²) in [4.78, 5) is 39.2. The molecule has 1 aliphatic rings. The molecule has 2 heterocycles. The average Bonchev–Trinajstić information content (AvgIpc) is 2.93. The van der Waals surface area contributed by atoms with Crippen molar-refractivity contribution in [3.63, 3.8) is 0 Å². The van der Waals surface area contributed by atoms with Crippen molar-refractivity contribution in [2.24, 2.45) is 0 Å². The molecule has 3 rings (SSSR count). The lowest BCUT2D eigenvalue weighted by Gasteiger charge is -2.06. The van der Waals surface area contributed by atoms with Gasteiger partial charge in [-0.3, -0.25) is 19.7 Å². The number of nitrogens with one attached hydrogen (secondary N) is 2. The molecule has 1 saturated heterocycles. The van der Waals surface area contributed by atoms with Crippen LogP contribution >= 0.6 is 11.8 Å². The largest absolute Gasteiger partial charge is 0.481 e. The van der Waals surface area contributed by atoms with E-state index in [-0.39, 0.29) is 11.1 Å². The predicted molar refractivity (Wildman–Crippen MR) is 94.3 cm³/mol. The standard InChI is InChI=1S/C17H13N3O4S/c1-24-14-7-6-12(9-18-14)19-15(21)11-4-2-10(3-5-11)8-13-16(22)20-17(23)25-13/h2-9H,1H3,(H,19,21)(H,20,22,23)/b13-8-. The minimum Gasteiger partial charge on any atom is -0.481 e.